The standard InChI is InChI=1S/C15H18N2O4/c1-21-15(20)12-10-17(8-6-13(12)18)14(19)5-4-11-3-2-7-16-9-11/h2-3,7,9,12H,4-6,8,10H2,1H3. The van der Waals surface area contributed by atoms with Crippen molar-refractivity contribution in [2.24, 2.45) is 5.92 Å². The van der Waals surface area contributed by atoms with Crippen LogP contribution in [0.1, 0.15) is 18.4 Å². The third-order valence-corrected chi connectivity index (χ3v) is 3.61. The molecule has 0 bridgehead atoms. The van der Waals surface area contributed by atoms with Crippen LogP contribution in [0.3, 0.4) is 0 Å². The molecule has 1 unspecified atom stereocenters. The number of Topliss-reactive ketones (excluding diaryl/α,β-unsaturated/α-hetero) is 1. The van der Waals surface area contributed by atoms with E-state index >= 15 is 0 Å². The first-order chi connectivity index (χ1) is 10.1. The fourth-order valence-electron chi connectivity index (χ4n) is 2.36. The molecule has 1 amide bonds. The van der Waals surface area contributed by atoms with E-state index in [-0.39, 0.29) is 24.7 Å². The summed E-state index contributed by atoms with van der Waals surface area (Å²) in [5.74, 6) is -1.62. The van der Waals surface area contributed by atoms with Gasteiger partial charge in [-0.15, -0.1) is 0 Å². The van der Waals surface area contributed by atoms with E-state index in [0.29, 0.717) is 19.4 Å². The zero-order chi connectivity index (χ0) is 15.2. The normalized spacial score (nSPS) is 18.4. The molecule has 0 aliphatic carbocycles. The Kier molecular flexibility index (Phi) is 5.03. The minimum atomic E-state index is -0.842. The molecule has 21 heavy (non-hydrogen) atoms. The van der Waals surface area contributed by atoms with Gasteiger partial charge >= 0.3 is 5.97 Å². The maximum absolute atomic E-state index is 12.2. The molecule has 0 N–H and O–H groups in total. The number of hydrogen-bond acceptors (Lipinski definition) is 5. The summed E-state index contributed by atoms with van der Waals surface area (Å²) < 4.78 is 4.61. The van der Waals surface area contributed by atoms with Crippen LogP contribution >= 0.6 is 0 Å². The van der Waals surface area contributed by atoms with Crippen LogP contribution in [0.5, 0.6) is 0 Å². The maximum Gasteiger partial charge on any atom is 0.318 e. The van der Waals surface area contributed by atoms with Crippen molar-refractivity contribution in [1.29, 1.82) is 0 Å². The number of esters is 1. The first-order valence-electron chi connectivity index (χ1n) is 6.89. The molecule has 0 aromatic carbocycles. The van der Waals surface area contributed by atoms with Crippen LogP contribution in [-0.2, 0) is 25.5 Å². The minimum absolute atomic E-state index is 0.0553. The first kappa shape index (κ1) is 15.2. The Morgan fingerprint density at radius 2 is 2.29 bits per heavy atom. The summed E-state index contributed by atoms with van der Waals surface area (Å²) in [6.07, 6.45) is 4.55. The van der Waals surface area contributed by atoms with Crippen molar-refractivity contribution in [1.82, 2.24) is 9.88 Å². The second kappa shape index (κ2) is 6.97. The van der Waals surface area contributed by atoms with Gasteiger partial charge in [-0.2, -0.15) is 0 Å². The number of rotatable bonds is 4. The van der Waals surface area contributed by atoms with Gasteiger partial charge in [0, 0.05) is 38.3 Å². The van der Waals surface area contributed by atoms with Crippen molar-refractivity contribution in [2.75, 3.05) is 20.2 Å². The Morgan fingerprint density at radius 1 is 1.48 bits per heavy atom. The molecule has 0 saturated carbocycles. The average Bonchev–Trinajstić information content (AvgIpc) is 2.53. The van der Waals surface area contributed by atoms with Crippen LogP contribution in [0.4, 0.5) is 0 Å². The average molecular weight is 290 g/mol. The Labute approximate surface area is 123 Å². The van der Waals surface area contributed by atoms with Gasteiger partial charge in [0.05, 0.1) is 7.11 Å². The molecule has 6 nitrogen and oxygen atoms in total. The number of methoxy groups -OCH3 is 1. The number of aromatic nitrogens is 1. The minimum Gasteiger partial charge on any atom is -0.468 e. The summed E-state index contributed by atoms with van der Waals surface area (Å²) in [6.45, 7) is 0.496. The molecule has 1 aliphatic rings. The van der Waals surface area contributed by atoms with E-state index in [4.69, 9.17) is 0 Å². The highest BCUT2D eigenvalue weighted by Crippen LogP contribution is 2.16. The Morgan fingerprint density at radius 3 is 2.95 bits per heavy atom. The maximum atomic E-state index is 12.2. The van der Waals surface area contributed by atoms with Gasteiger partial charge in [0.1, 0.15) is 5.92 Å². The predicted octanol–water partition coefficient (Wildman–Crippen LogP) is 0.605. The van der Waals surface area contributed by atoms with E-state index in [1.54, 1.807) is 17.3 Å². The fourth-order valence-corrected chi connectivity index (χ4v) is 2.36. The van der Waals surface area contributed by atoms with Gasteiger partial charge in [-0.25, -0.2) is 0 Å². The molecule has 0 radical (unpaired) electrons. The van der Waals surface area contributed by atoms with Crippen molar-refractivity contribution < 1.29 is 19.1 Å². The zero-order valence-electron chi connectivity index (χ0n) is 11.9. The highest BCUT2D eigenvalue weighted by molar-refractivity contribution is 6.00. The highest BCUT2D eigenvalue weighted by Gasteiger charge is 2.35. The summed E-state index contributed by atoms with van der Waals surface area (Å²) in [4.78, 5) is 41.0. The Balaban J connectivity index is 1.90. The van der Waals surface area contributed by atoms with Crippen molar-refractivity contribution in [2.45, 2.75) is 19.3 Å². The molecule has 112 valence electrons. The van der Waals surface area contributed by atoms with Crippen molar-refractivity contribution >= 4 is 17.7 Å². The van der Waals surface area contributed by atoms with E-state index < -0.39 is 11.9 Å². The van der Waals surface area contributed by atoms with Crippen LogP contribution < -0.4 is 0 Å². The molecule has 1 atom stereocenters. The second-order valence-corrected chi connectivity index (χ2v) is 4.99. The zero-order valence-corrected chi connectivity index (χ0v) is 11.9. The van der Waals surface area contributed by atoms with Crippen LogP contribution in [-0.4, -0.2) is 47.7 Å². The van der Waals surface area contributed by atoms with Gasteiger partial charge in [-0.3, -0.25) is 19.4 Å². The number of nitrogens with zero attached hydrogens (tertiary/aromatic N) is 2. The topological polar surface area (TPSA) is 76.6 Å². The van der Waals surface area contributed by atoms with Crippen LogP contribution in [0.25, 0.3) is 0 Å². The quantitative estimate of drug-likeness (QED) is 0.599. The van der Waals surface area contributed by atoms with Crippen molar-refractivity contribution in [3.8, 4) is 0 Å². The van der Waals surface area contributed by atoms with E-state index in [2.05, 4.69) is 9.72 Å². The number of carbonyl (C=O) groups excluding carboxylic acids is 3. The van der Waals surface area contributed by atoms with Gasteiger partial charge < -0.3 is 9.64 Å². The number of amides is 1. The summed E-state index contributed by atoms with van der Waals surface area (Å²) >= 11 is 0. The lowest BCUT2D eigenvalue weighted by molar-refractivity contribution is -0.153. The molecule has 1 fully saturated rings. The monoisotopic (exact) mass is 290 g/mol. The number of pyridine rings is 1. The summed E-state index contributed by atoms with van der Waals surface area (Å²) in [5, 5.41) is 0. The van der Waals surface area contributed by atoms with Crippen LogP contribution in [0.15, 0.2) is 24.5 Å². The van der Waals surface area contributed by atoms with Gasteiger partial charge in [0.2, 0.25) is 5.91 Å². The van der Waals surface area contributed by atoms with Gasteiger partial charge in [-0.1, -0.05) is 6.07 Å². The first-order valence-corrected chi connectivity index (χ1v) is 6.89. The number of piperidine rings is 1. The number of aryl methyl sites for hydroxylation is 1. The summed E-state index contributed by atoms with van der Waals surface area (Å²) in [5.41, 5.74) is 0.989. The molecule has 6 heteroatoms. The van der Waals surface area contributed by atoms with Crippen LogP contribution in [0.2, 0.25) is 0 Å². The third-order valence-electron chi connectivity index (χ3n) is 3.61. The lowest BCUT2D eigenvalue weighted by Gasteiger charge is -2.30. The summed E-state index contributed by atoms with van der Waals surface area (Å²) in [6, 6.07) is 3.74. The fraction of sp³-hybridized carbons (Fsp3) is 0.467. The van der Waals surface area contributed by atoms with Crippen molar-refractivity contribution in [3.05, 3.63) is 30.1 Å². The smallest absolute Gasteiger partial charge is 0.318 e. The van der Waals surface area contributed by atoms with E-state index in [9.17, 15) is 14.4 Å². The molecular weight excluding hydrogens is 272 g/mol. The molecule has 2 heterocycles. The van der Waals surface area contributed by atoms with Crippen molar-refractivity contribution in [3.63, 3.8) is 0 Å². The molecule has 0 spiro atoms. The van der Waals surface area contributed by atoms with E-state index in [1.807, 2.05) is 12.1 Å². The molecule has 1 saturated heterocycles. The van der Waals surface area contributed by atoms with E-state index in [0.717, 1.165) is 5.56 Å². The number of ketones is 1. The Hall–Kier alpha value is -2.24. The lowest BCUT2D eigenvalue weighted by atomic mass is 9.96. The van der Waals surface area contributed by atoms with Gasteiger partial charge in [-0.05, 0) is 18.1 Å². The molecule has 1 aromatic rings. The number of hydrogen-bond donors (Lipinski definition) is 0. The molecule has 2 rings (SSSR count). The number of ether oxygens (including phenoxy) is 1. The Bertz CT molecular complexity index is 522. The number of likely N-dealkylation sites (tertiary alicyclic amines) is 1. The highest BCUT2D eigenvalue weighted by atomic mass is 16.5. The third kappa shape index (κ3) is 3.87. The van der Waals surface area contributed by atoms with Gasteiger partial charge in [0.25, 0.3) is 0 Å². The van der Waals surface area contributed by atoms with Gasteiger partial charge in [0.15, 0.2) is 5.78 Å². The SMILES string of the molecule is COC(=O)C1CN(C(=O)CCc2cccnc2)CCC1=O. The molecule has 1 aliphatic heterocycles. The predicted molar refractivity (Wildman–Crippen MR) is 74.3 cm³/mol. The molecular formula is C15H18N2O4. The summed E-state index contributed by atoms with van der Waals surface area (Å²) in [7, 11) is 1.25. The lowest BCUT2D eigenvalue weighted by Crippen LogP contribution is -2.47. The number of carbonyl (C=O) groups is 3. The second-order valence-electron chi connectivity index (χ2n) is 4.99. The largest absolute Gasteiger partial charge is 0.468 e. The van der Waals surface area contributed by atoms with Crippen LogP contribution in [0, 0.1) is 5.92 Å². The van der Waals surface area contributed by atoms with E-state index in [1.165, 1.54) is 7.11 Å². The molecule has 1 aromatic heterocycles.